The fourth-order valence-corrected chi connectivity index (χ4v) is 5.54. The summed E-state index contributed by atoms with van der Waals surface area (Å²) >= 11 is 1.22. The molecular weight excluding hydrogens is 384 g/mol. The third kappa shape index (κ3) is 3.13. The maximum atomic E-state index is 12.9. The van der Waals surface area contributed by atoms with E-state index in [4.69, 9.17) is 9.47 Å². The largest absolute Gasteiger partial charge is 0.466 e. The number of nitrogens with zero attached hydrogens (tertiary/aromatic N) is 1. The minimum atomic E-state index is -0.907. The smallest absolute Gasteiger partial charge is 0.336 e. The van der Waals surface area contributed by atoms with E-state index in [1.165, 1.54) is 17.8 Å². The van der Waals surface area contributed by atoms with Gasteiger partial charge in [-0.15, -0.1) is 0 Å². The Bertz CT molecular complexity index is 883. The summed E-state index contributed by atoms with van der Waals surface area (Å²) in [5.74, 6) is -2.43. The maximum absolute atomic E-state index is 12.9. The van der Waals surface area contributed by atoms with Crippen molar-refractivity contribution < 1.29 is 24.0 Å². The lowest BCUT2D eigenvalue weighted by Crippen LogP contribution is -2.57. The van der Waals surface area contributed by atoms with Gasteiger partial charge in [-0.05, 0) is 33.3 Å². The van der Waals surface area contributed by atoms with Crippen molar-refractivity contribution >= 4 is 29.4 Å². The number of nitro benzene ring substituents is 1. The molecule has 1 aromatic carbocycles. The van der Waals surface area contributed by atoms with Gasteiger partial charge in [-0.25, -0.2) is 4.79 Å². The van der Waals surface area contributed by atoms with Gasteiger partial charge in [0, 0.05) is 17.7 Å². The Morgan fingerprint density at radius 3 is 2.57 bits per heavy atom. The van der Waals surface area contributed by atoms with Gasteiger partial charge in [-0.3, -0.25) is 14.9 Å². The zero-order valence-corrected chi connectivity index (χ0v) is 16.9. The van der Waals surface area contributed by atoms with Crippen LogP contribution in [0.3, 0.4) is 0 Å². The van der Waals surface area contributed by atoms with Gasteiger partial charge in [0.2, 0.25) is 0 Å². The molecule has 8 nitrogen and oxygen atoms in total. The molecule has 0 aromatic heterocycles. The number of carbonyl (C=O) groups is 2. The lowest BCUT2D eigenvalue weighted by molar-refractivity contribution is -0.387. The highest BCUT2D eigenvalue weighted by Crippen LogP contribution is 2.58. The molecule has 2 aliphatic rings. The van der Waals surface area contributed by atoms with Crippen LogP contribution in [0.25, 0.3) is 0 Å². The quantitative estimate of drug-likeness (QED) is 0.451. The normalized spacial score (nSPS) is 25.4. The highest BCUT2D eigenvalue weighted by atomic mass is 32.2. The zero-order valence-electron chi connectivity index (χ0n) is 16.1. The van der Waals surface area contributed by atoms with E-state index in [0.29, 0.717) is 21.7 Å². The van der Waals surface area contributed by atoms with Crippen LogP contribution in [0, 0.1) is 16.0 Å². The van der Waals surface area contributed by atoms with Crippen LogP contribution < -0.4 is 5.32 Å². The van der Waals surface area contributed by atoms with Crippen molar-refractivity contribution in [2.24, 2.45) is 5.92 Å². The van der Waals surface area contributed by atoms with E-state index in [0.717, 1.165) is 0 Å². The van der Waals surface area contributed by atoms with Crippen molar-refractivity contribution in [2.45, 2.75) is 43.4 Å². The third-order valence-corrected chi connectivity index (χ3v) is 6.41. The zero-order chi connectivity index (χ0) is 20.6. The topological polar surface area (TPSA) is 108 Å². The summed E-state index contributed by atoms with van der Waals surface area (Å²) in [5.41, 5.74) is 1.42. The number of fused-ring (bicyclic) bond motifs is 4. The molecule has 0 fully saturated rings. The molecule has 0 amide bonds. The standard InChI is InChI=1S/C19H22N2O6S/c1-5-26-17(22)13-10(3)20-19(4)15(18(23)27-6-2)14(13)11-8-7-9-12(21(24)25)16(11)28-19/h7-9,14-15,20H,5-6H2,1-4H3/t14-,15+,19-/m1/s1. The Morgan fingerprint density at radius 2 is 1.96 bits per heavy atom. The van der Waals surface area contributed by atoms with Crippen LogP contribution in [-0.2, 0) is 19.1 Å². The molecule has 0 unspecified atom stereocenters. The number of esters is 2. The van der Waals surface area contributed by atoms with Crippen LogP contribution in [0.2, 0.25) is 0 Å². The van der Waals surface area contributed by atoms with Gasteiger partial charge in [-0.2, -0.15) is 0 Å². The van der Waals surface area contributed by atoms with Crippen LogP contribution >= 0.6 is 11.8 Å². The summed E-state index contributed by atoms with van der Waals surface area (Å²) in [6.45, 7) is 7.35. The van der Waals surface area contributed by atoms with Gasteiger partial charge in [0.15, 0.2) is 0 Å². The number of hydrogen-bond acceptors (Lipinski definition) is 8. The molecule has 2 heterocycles. The number of rotatable bonds is 5. The van der Waals surface area contributed by atoms with E-state index in [1.54, 1.807) is 39.8 Å². The molecule has 0 spiro atoms. The summed E-state index contributed by atoms with van der Waals surface area (Å²) in [5, 5.41) is 14.8. The first-order valence-corrected chi connectivity index (χ1v) is 9.85. The maximum Gasteiger partial charge on any atom is 0.336 e. The SMILES string of the molecule is CCOC(=O)C1=C(C)N[C@]2(C)Sc3c(cccc3[N+](=O)[O-])[C@H]1[C@H]2C(=O)OCC. The van der Waals surface area contributed by atoms with E-state index in [1.807, 2.05) is 0 Å². The van der Waals surface area contributed by atoms with Crippen LogP contribution in [-0.4, -0.2) is 34.9 Å². The van der Waals surface area contributed by atoms with E-state index in [-0.39, 0.29) is 18.9 Å². The molecule has 9 heteroatoms. The molecular formula is C19H22N2O6S. The Balaban J connectivity index is 2.28. The van der Waals surface area contributed by atoms with Crippen molar-refractivity contribution in [1.29, 1.82) is 0 Å². The number of thioether (sulfide) groups is 1. The molecule has 0 radical (unpaired) electrons. The summed E-state index contributed by atoms with van der Waals surface area (Å²) in [6.07, 6.45) is 0. The number of allylic oxidation sites excluding steroid dienone is 1. The third-order valence-electron chi connectivity index (χ3n) is 4.98. The minimum absolute atomic E-state index is 0.0504. The lowest BCUT2D eigenvalue weighted by atomic mass is 9.72. The Labute approximate surface area is 166 Å². The molecule has 0 saturated heterocycles. The van der Waals surface area contributed by atoms with E-state index in [2.05, 4.69) is 5.32 Å². The molecule has 28 heavy (non-hydrogen) atoms. The van der Waals surface area contributed by atoms with Crippen molar-refractivity contribution in [1.82, 2.24) is 5.32 Å². The van der Waals surface area contributed by atoms with E-state index >= 15 is 0 Å². The van der Waals surface area contributed by atoms with Gasteiger partial charge >= 0.3 is 11.9 Å². The highest BCUT2D eigenvalue weighted by molar-refractivity contribution is 8.01. The molecule has 3 atom stereocenters. The molecule has 0 aliphatic carbocycles. The average Bonchev–Trinajstić information content (AvgIpc) is 2.60. The molecule has 1 N–H and O–H groups in total. The Hall–Kier alpha value is -2.55. The first-order chi connectivity index (χ1) is 13.2. The van der Waals surface area contributed by atoms with E-state index in [9.17, 15) is 19.7 Å². The van der Waals surface area contributed by atoms with Crippen LogP contribution in [0.4, 0.5) is 5.69 Å². The Kier molecular flexibility index (Phi) is 5.38. The number of carbonyl (C=O) groups excluding carboxylic acids is 2. The predicted octanol–water partition coefficient (Wildman–Crippen LogP) is 3.12. The highest BCUT2D eigenvalue weighted by Gasteiger charge is 2.57. The fraction of sp³-hybridized carbons (Fsp3) is 0.474. The molecule has 0 saturated carbocycles. The first-order valence-electron chi connectivity index (χ1n) is 9.04. The van der Waals surface area contributed by atoms with Crippen LogP contribution in [0.5, 0.6) is 0 Å². The van der Waals surface area contributed by atoms with Crippen molar-refractivity contribution in [3.63, 3.8) is 0 Å². The Morgan fingerprint density at radius 1 is 1.29 bits per heavy atom. The van der Waals surface area contributed by atoms with Gasteiger partial charge in [-0.1, -0.05) is 23.9 Å². The first kappa shape index (κ1) is 20.2. The average molecular weight is 406 g/mol. The van der Waals surface area contributed by atoms with Crippen LogP contribution in [0.15, 0.2) is 34.4 Å². The number of nitrogens with one attached hydrogen (secondary N) is 1. The number of hydrogen-bond donors (Lipinski definition) is 1. The second kappa shape index (κ2) is 7.46. The lowest BCUT2D eigenvalue weighted by Gasteiger charge is -2.49. The van der Waals surface area contributed by atoms with Gasteiger partial charge in [0.25, 0.3) is 5.69 Å². The summed E-state index contributed by atoms with van der Waals surface area (Å²) in [6, 6.07) is 4.72. The monoisotopic (exact) mass is 406 g/mol. The summed E-state index contributed by atoms with van der Waals surface area (Å²) in [4.78, 5) is 36.3. The fourth-order valence-electron chi connectivity index (χ4n) is 4.00. The molecule has 1 aromatic rings. The van der Waals surface area contributed by atoms with Gasteiger partial charge < -0.3 is 14.8 Å². The second-order valence-electron chi connectivity index (χ2n) is 6.75. The molecule has 150 valence electrons. The molecule has 3 rings (SSSR count). The van der Waals surface area contributed by atoms with Crippen LogP contribution in [0.1, 0.15) is 39.2 Å². The van der Waals surface area contributed by atoms with Crippen molar-refractivity contribution in [3.05, 3.63) is 45.1 Å². The minimum Gasteiger partial charge on any atom is -0.466 e. The van der Waals surface area contributed by atoms with Crippen molar-refractivity contribution in [3.8, 4) is 0 Å². The summed E-state index contributed by atoms with van der Waals surface area (Å²) < 4.78 is 10.5. The molecule has 2 bridgehead atoms. The number of ether oxygens (including phenoxy) is 2. The second-order valence-corrected chi connectivity index (χ2v) is 8.21. The summed E-state index contributed by atoms with van der Waals surface area (Å²) in [7, 11) is 0. The van der Waals surface area contributed by atoms with Crippen molar-refractivity contribution in [2.75, 3.05) is 13.2 Å². The predicted molar refractivity (Wildman–Crippen MR) is 103 cm³/mol. The number of nitro groups is 1. The number of benzene rings is 1. The van der Waals surface area contributed by atoms with Gasteiger partial charge in [0.05, 0.1) is 33.5 Å². The van der Waals surface area contributed by atoms with Gasteiger partial charge in [0.1, 0.15) is 5.92 Å². The molecule has 2 aliphatic heterocycles. The van der Waals surface area contributed by atoms with E-state index < -0.39 is 33.6 Å².